The summed E-state index contributed by atoms with van der Waals surface area (Å²) in [6.07, 6.45) is 3.26. The molecule has 2 aromatic rings. The minimum atomic E-state index is 0.469. The van der Waals surface area contributed by atoms with Crippen LogP contribution in [-0.2, 0) is 12.8 Å². The highest BCUT2D eigenvalue weighted by Crippen LogP contribution is 2.19. The lowest BCUT2D eigenvalue weighted by Gasteiger charge is -2.18. The molecule has 1 atom stereocenters. The van der Waals surface area contributed by atoms with E-state index >= 15 is 0 Å². The van der Waals surface area contributed by atoms with Crippen molar-refractivity contribution < 1.29 is 0 Å². The highest BCUT2D eigenvalue weighted by Gasteiger charge is 2.13. The van der Waals surface area contributed by atoms with Crippen LogP contribution in [0.25, 0.3) is 0 Å². The van der Waals surface area contributed by atoms with Gasteiger partial charge in [-0.15, -0.1) is 11.3 Å². The van der Waals surface area contributed by atoms with E-state index < -0.39 is 0 Å². The molecule has 1 aromatic carbocycles. The Morgan fingerprint density at radius 2 is 2.00 bits per heavy atom. The molecule has 1 heterocycles. The van der Waals surface area contributed by atoms with E-state index in [1.807, 2.05) is 11.3 Å². The van der Waals surface area contributed by atoms with E-state index in [4.69, 9.17) is 4.98 Å². The van der Waals surface area contributed by atoms with E-state index in [9.17, 15) is 0 Å². The first-order valence-corrected chi connectivity index (χ1v) is 8.62. The third-order valence-corrected chi connectivity index (χ3v) is 4.84. The summed E-state index contributed by atoms with van der Waals surface area (Å²) < 4.78 is 0. The van der Waals surface area contributed by atoms with E-state index in [1.165, 1.54) is 33.1 Å². The van der Waals surface area contributed by atoms with Gasteiger partial charge in [-0.3, -0.25) is 0 Å². The number of benzene rings is 1. The number of rotatable bonds is 7. The van der Waals surface area contributed by atoms with Gasteiger partial charge in [-0.25, -0.2) is 4.98 Å². The monoisotopic (exact) mass is 302 g/mol. The summed E-state index contributed by atoms with van der Waals surface area (Å²) in [4.78, 5) is 6.04. The molecule has 0 aliphatic carbocycles. The highest BCUT2D eigenvalue weighted by atomic mass is 32.1. The standard InChI is InChI=1S/C18H26N2S/c1-5-9-19-17(11-16-8-6-7-13(2)10-16)12-18-20-14(3)15(4)21-18/h6-8,10,17,19H,5,9,11-12H2,1-4H3. The quantitative estimate of drug-likeness (QED) is 0.828. The maximum Gasteiger partial charge on any atom is 0.0946 e. The second-order valence-corrected chi connectivity index (χ2v) is 7.09. The van der Waals surface area contributed by atoms with Crippen LogP contribution in [0.15, 0.2) is 24.3 Å². The van der Waals surface area contributed by atoms with Crippen molar-refractivity contribution in [3.05, 3.63) is 51.0 Å². The Kier molecular flexibility index (Phi) is 5.95. The van der Waals surface area contributed by atoms with Crippen LogP contribution in [0.4, 0.5) is 0 Å². The molecule has 0 saturated carbocycles. The van der Waals surface area contributed by atoms with Gasteiger partial charge < -0.3 is 5.32 Å². The van der Waals surface area contributed by atoms with Crippen molar-refractivity contribution in [3.8, 4) is 0 Å². The second-order valence-electron chi connectivity index (χ2n) is 5.80. The minimum absolute atomic E-state index is 0.469. The molecule has 0 radical (unpaired) electrons. The molecule has 0 fully saturated rings. The summed E-state index contributed by atoms with van der Waals surface area (Å²) in [5, 5.41) is 4.94. The minimum Gasteiger partial charge on any atom is -0.313 e. The molecule has 0 amide bonds. The predicted molar refractivity (Wildman–Crippen MR) is 92.3 cm³/mol. The topological polar surface area (TPSA) is 24.9 Å². The van der Waals surface area contributed by atoms with Crippen molar-refractivity contribution in [1.29, 1.82) is 0 Å². The van der Waals surface area contributed by atoms with E-state index in [-0.39, 0.29) is 0 Å². The zero-order chi connectivity index (χ0) is 15.2. The third kappa shape index (κ3) is 4.94. The molecule has 1 N–H and O–H groups in total. The maximum atomic E-state index is 4.70. The molecule has 1 aromatic heterocycles. The SMILES string of the molecule is CCCNC(Cc1cccc(C)c1)Cc1nc(C)c(C)s1. The summed E-state index contributed by atoms with van der Waals surface area (Å²) in [6, 6.07) is 9.30. The molecule has 2 rings (SSSR count). The maximum absolute atomic E-state index is 4.70. The lowest BCUT2D eigenvalue weighted by Crippen LogP contribution is -2.33. The number of aryl methyl sites for hydroxylation is 3. The molecule has 0 saturated heterocycles. The average Bonchev–Trinajstić information content (AvgIpc) is 2.74. The molecule has 0 aliphatic heterocycles. The Balaban J connectivity index is 2.06. The van der Waals surface area contributed by atoms with E-state index in [1.54, 1.807) is 0 Å². The second kappa shape index (κ2) is 7.71. The zero-order valence-electron chi connectivity index (χ0n) is 13.6. The first-order valence-electron chi connectivity index (χ1n) is 7.80. The van der Waals surface area contributed by atoms with E-state index in [0.717, 1.165) is 19.4 Å². The van der Waals surface area contributed by atoms with Gasteiger partial charge >= 0.3 is 0 Å². The number of aromatic nitrogens is 1. The van der Waals surface area contributed by atoms with Gasteiger partial charge in [-0.05, 0) is 45.7 Å². The van der Waals surface area contributed by atoms with Gasteiger partial charge in [-0.2, -0.15) is 0 Å². The van der Waals surface area contributed by atoms with Crippen molar-refractivity contribution in [2.45, 2.75) is 53.0 Å². The van der Waals surface area contributed by atoms with Crippen LogP contribution in [0.2, 0.25) is 0 Å². The molecule has 3 heteroatoms. The van der Waals surface area contributed by atoms with Crippen LogP contribution in [0.1, 0.15) is 40.1 Å². The Bertz CT molecular complexity index is 555. The normalized spacial score (nSPS) is 12.6. The van der Waals surface area contributed by atoms with Crippen molar-refractivity contribution in [2.24, 2.45) is 0 Å². The van der Waals surface area contributed by atoms with Gasteiger partial charge in [-0.1, -0.05) is 36.8 Å². The van der Waals surface area contributed by atoms with E-state index in [0.29, 0.717) is 6.04 Å². The van der Waals surface area contributed by atoms with Crippen LogP contribution < -0.4 is 5.32 Å². The molecule has 0 bridgehead atoms. The molecule has 0 spiro atoms. The number of hydrogen-bond acceptors (Lipinski definition) is 3. The third-order valence-electron chi connectivity index (χ3n) is 3.74. The predicted octanol–water partition coefficient (Wildman–Crippen LogP) is 4.22. The van der Waals surface area contributed by atoms with Crippen molar-refractivity contribution in [3.63, 3.8) is 0 Å². The smallest absolute Gasteiger partial charge is 0.0946 e. The van der Waals surface area contributed by atoms with Gasteiger partial charge in [0.15, 0.2) is 0 Å². The number of hydrogen-bond donors (Lipinski definition) is 1. The largest absolute Gasteiger partial charge is 0.313 e. The van der Waals surface area contributed by atoms with Crippen LogP contribution in [0.3, 0.4) is 0 Å². The van der Waals surface area contributed by atoms with Gasteiger partial charge in [0.1, 0.15) is 0 Å². The van der Waals surface area contributed by atoms with Gasteiger partial charge in [0.25, 0.3) is 0 Å². The van der Waals surface area contributed by atoms with Crippen LogP contribution >= 0.6 is 11.3 Å². The Morgan fingerprint density at radius 1 is 1.19 bits per heavy atom. The Labute approximate surface area is 132 Å². The molecular formula is C18H26N2S. The van der Waals surface area contributed by atoms with Gasteiger partial charge in [0, 0.05) is 17.3 Å². The van der Waals surface area contributed by atoms with Gasteiger partial charge in [0.2, 0.25) is 0 Å². The molecule has 0 aliphatic rings. The fourth-order valence-corrected chi connectivity index (χ4v) is 3.54. The fraction of sp³-hybridized carbons (Fsp3) is 0.500. The van der Waals surface area contributed by atoms with Crippen molar-refractivity contribution in [1.82, 2.24) is 10.3 Å². The van der Waals surface area contributed by atoms with Gasteiger partial charge in [0.05, 0.1) is 10.7 Å². The summed E-state index contributed by atoms with van der Waals surface area (Å²) in [5.41, 5.74) is 3.93. The number of nitrogens with zero attached hydrogens (tertiary/aromatic N) is 1. The molecule has 2 nitrogen and oxygen atoms in total. The summed E-state index contributed by atoms with van der Waals surface area (Å²) in [6.45, 7) is 9.70. The fourth-order valence-electron chi connectivity index (χ4n) is 2.53. The highest BCUT2D eigenvalue weighted by molar-refractivity contribution is 7.11. The number of thiazole rings is 1. The summed E-state index contributed by atoms with van der Waals surface area (Å²) >= 11 is 1.84. The summed E-state index contributed by atoms with van der Waals surface area (Å²) in [7, 11) is 0. The van der Waals surface area contributed by atoms with Crippen LogP contribution in [0, 0.1) is 20.8 Å². The van der Waals surface area contributed by atoms with E-state index in [2.05, 4.69) is 57.3 Å². The Hall–Kier alpha value is -1.19. The Morgan fingerprint density at radius 3 is 2.62 bits per heavy atom. The summed E-state index contributed by atoms with van der Waals surface area (Å²) in [5.74, 6) is 0. The van der Waals surface area contributed by atoms with Crippen molar-refractivity contribution >= 4 is 11.3 Å². The molecule has 1 unspecified atom stereocenters. The lowest BCUT2D eigenvalue weighted by molar-refractivity contribution is 0.503. The van der Waals surface area contributed by atoms with Crippen LogP contribution in [-0.4, -0.2) is 17.6 Å². The first-order chi connectivity index (χ1) is 10.1. The lowest BCUT2D eigenvalue weighted by atomic mass is 10.0. The average molecular weight is 302 g/mol. The van der Waals surface area contributed by atoms with Crippen molar-refractivity contribution in [2.75, 3.05) is 6.54 Å². The molecular weight excluding hydrogens is 276 g/mol. The molecule has 21 heavy (non-hydrogen) atoms. The molecule has 114 valence electrons. The number of nitrogens with one attached hydrogen (secondary N) is 1. The van der Waals surface area contributed by atoms with Crippen LogP contribution in [0.5, 0.6) is 0 Å². The first kappa shape index (κ1) is 16.2. The zero-order valence-corrected chi connectivity index (χ0v) is 14.4.